The molecule has 0 bridgehead atoms. The van der Waals surface area contributed by atoms with Crippen LogP contribution in [0.25, 0.3) is 0 Å². The third-order valence-corrected chi connectivity index (χ3v) is 5.43. The van der Waals surface area contributed by atoms with E-state index in [0.717, 1.165) is 9.54 Å². The molecule has 2 aromatic rings. The molecule has 1 aromatic heterocycles. The molecule has 0 spiro atoms. The number of nitrogens with zero attached hydrogens (tertiary/aromatic N) is 1. The van der Waals surface area contributed by atoms with Gasteiger partial charge >= 0.3 is 10.3 Å². The van der Waals surface area contributed by atoms with Crippen molar-refractivity contribution in [3.8, 4) is 0 Å². The van der Waals surface area contributed by atoms with Gasteiger partial charge in [-0.05, 0) is 43.5 Å². The summed E-state index contributed by atoms with van der Waals surface area (Å²) >= 11 is 0. The zero-order valence-electron chi connectivity index (χ0n) is 12.5. The molecule has 0 amide bonds. The number of hydrogen-bond acceptors (Lipinski definition) is 5. The van der Waals surface area contributed by atoms with Crippen molar-refractivity contribution < 1.29 is 21.0 Å². The highest BCUT2D eigenvalue weighted by molar-refractivity contribution is 7.90. The van der Waals surface area contributed by atoms with Crippen molar-refractivity contribution in [1.29, 1.82) is 0 Å². The molecular formula is C14H18N2O5S2. The van der Waals surface area contributed by atoms with Crippen molar-refractivity contribution in [3.05, 3.63) is 54.4 Å². The van der Waals surface area contributed by atoms with Gasteiger partial charge in [0.2, 0.25) is 0 Å². The van der Waals surface area contributed by atoms with E-state index in [4.69, 9.17) is 5.14 Å². The second kappa shape index (κ2) is 6.83. The van der Waals surface area contributed by atoms with Crippen LogP contribution in [0.3, 0.4) is 0 Å². The third-order valence-electron chi connectivity index (χ3n) is 3.19. The van der Waals surface area contributed by atoms with Crippen molar-refractivity contribution in [3.63, 3.8) is 0 Å². The summed E-state index contributed by atoms with van der Waals surface area (Å²) in [4.78, 5) is 0.202. The van der Waals surface area contributed by atoms with Gasteiger partial charge < -0.3 is 0 Å². The lowest BCUT2D eigenvalue weighted by Crippen LogP contribution is -2.22. The summed E-state index contributed by atoms with van der Waals surface area (Å²) in [5.74, 6) is 0. The van der Waals surface area contributed by atoms with E-state index in [0.29, 0.717) is 12.8 Å². The maximum atomic E-state index is 12.4. The summed E-state index contributed by atoms with van der Waals surface area (Å²) < 4.78 is 52.2. The average molecular weight is 358 g/mol. The van der Waals surface area contributed by atoms with Gasteiger partial charge in [-0.25, -0.2) is 17.5 Å². The van der Waals surface area contributed by atoms with Crippen LogP contribution < -0.4 is 5.14 Å². The minimum absolute atomic E-state index is 0.202. The van der Waals surface area contributed by atoms with Gasteiger partial charge in [0, 0.05) is 12.4 Å². The molecule has 126 valence electrons. The Kier molecular flexibility index (Phi) is 5.25. The third kappa shape index (κ3) is 4.90. The number of hydrogen-bond donors (Lipinski definition) is 1. The molecule has 1 aromatic carbocycles. The molecule has 1 atom stereocenters. The number of aromatic nitrogens is 1. The number of aryl methyl sites for hydroxylation is 1. The van der Waals surface area contributed by atoms with Crippen LogP contribution in [0.15, 0.2) is 53.7 Å². The summed E-state index contributed by atoms with van der Waals surface area (Å²) in [6, 6.07) is 9.78. The van der Waals surface area contributed by atoms with Crippen molar-refractivity contribution in [2.75, 3.05) is 0 Å². The Bertz CT molecular complexity index is 858. The van der Waals surface area contributed by atoms with Crippen LogP contribution in [-0.4, -0.2) is 26.9 Å². The van der Waals surface area contributed by atoms with Crippen LogP contribution in [0, 0.1) is 0 Å². The quantitative estimate of drug-likeness (QED) is 0.802. The second-order valence-corrected chi connectivity index (χ2v) is 8.13. The number of benzene rings is 1. The highest BCUT2D eigenvalue weighted by Gasteiger charge is 2.17. The SMILES string of the molecule is CC(CCc1ccn(S(=O)(=O)c2ccccc2)c1)OS(N)(=O)=O. The standard InChI is InChI=1S/C14H18N2O5S2/c1-12(21-23(15,19)20)7-8-13-9-10-16(11-13)22(17,18)14-5-3-2-4-6-14/h2-6,9-12H,7-8H2,1H3,(H2,15,19,20). The van der Waals surface area contributed by atoms with Gasteiger partial charge in [-0.2, -0.15) is 8.42 Å². The Hall–Kier alpha value is -1.68. The van der Waals surface area contributed by atoms with Crippen LogP contribution in [0.1, 0.15) is 18.9 Å². The summed E-state index contributed by atoms with van der Waals surface area (Å²) in [6.45, 7) is 1.59. The molecule has 0 saturated heterocycles. The molecule has 0 aliphatic carbocycles. The van der Waals surface area contributed by atoms with Crippen LogP contribution in [0.5, 0.6) is 0 Å². The maximum absolute atomic E-state index is 12.4. The van der Waals surface area contributed by atoms with Crippen LogP contribution in [-0.2, 0) is 30.9 Å². The fraction of sp³-hybridized carbons (Fsp3) is 0.286. The minimum Gasteiger partial charge on any atom is -0.255 e. The molecule has 0 fully saturated rings. The van der Waals surface area contributed by atoms with Gasteiger partial charge in [0.1, 0.15) is 0 Å². The van der Waals surface area contributed by atoms with Crippen molar-refractivity contribution >= 4 is 20.3 Å². The molecule has 9 heteroatoms. The maximum Gasteiger partial charge on any atom is 0.333 e. The largest absolute Gasteiger partial charge is 0.333 e. The van der Waals surface area contributed by atoms with Crippen molar-refractivity contribution in [1.82, 2.24) is 3.97 Å². The Morgan fingerprint density at radius 3 is 2.39 bits per heavy atom. The molecule has 7 nitrogen and oxygen atoms in total. The molecule has 2 N–H and O–H groups in total. The average Bonchev–Trinajstić information content (AvgIpc) is 2.94. The van der Waals surface area contributed by atoms with Gasteiger partial charge in [0.25, 0.3) is 10.0 Å². The Morgan fingerprint density at radius 1 is 1.13 bits per heavy atom. The van der Waals surface area contributed by atoms with E-state index in [1.165, 1.54) is 24.5 Å². The molecule has 1 heterocycles. The predicted octanol–water partition coefficient (Wildman–Crippen LogP) is 1.27. The zero-order valence-corrected chi connectivity index (χ0v) is 14.1. The first-order valence-corrected chi connectivity index (χ1v) is 9.78. The highest BCUT2D eigenvalue weighted by Crippen LogP contribution is 2.16. The molecule has 1 unspecified atom stereocenters. The predicted molar refractivity (Wildman–Crippen MR) is 85.4 cm³/mol. The van der Waals surface area contributed by atoms with Crippen molar-refractivity contribution in [2.45, 2.75) is 30.8 Å². The lowest BCUT2D eigenvalue weighted by Gasteiger charge is -2.09. The van der Waals surface area contributed by atoms with E-state index in [2.05, 4.69) is 4.18 Å². The Labute approximate surface area is 136 Å². The molecule has 0 radical (unpaired) electrons. The number of rotatable bonds is 7. The zero-order chi connectivity index (χ0) is 17.1. The lowest BCUT2D eigenvalue weighted by molar-refractivity contribution is 0.219. The summed E-state index contributed by atoms with van der Waals surface area (Å²) in [7, 11) is -7.60. The normalized spacial score (nSPS) is 13.8. The minimum atomic E-state index is -3.98. The second-order valence-electron chi connectivity index (χ2n) is 5.11. The highest BCUT2D eigenvalue weighted by atomic mass is 32.2. The van der Waals surface area contributed by atoms with Crippen LogP contribution >= 0.6 is 0 Å². The molecule has 23 heavy (non-hydrogen) atoms. The van der Waals surface area contributed by atoms with Gasteiger partial charge in [0.05, 0.1) is 11.0 Å². The summed E-state index contributed by atoms with van der Waals surface area (Å²) in [5, 5.41) is 4.80. The summed E-state index contributed by atoms with van der Waals surface area (Å²) in [5.41, 5.74) is 0.759. The van der Waals surface area contributed by atoms with E-state index in [1.807, 2.05) is 0 Å². The first-order chi connectivity index (χ1) is 10.7. The smallest absolute Gasteiger partial charge is 0.255 e. The van der Waals surface area contributed by atoms with E-state index in [9.17, 15) is 16.8 Å². The Balaban J connectivity index is 2.07. The number of nitrogens with two attached hydrogens (primary N) is 1. The van der Waals surface area contributed by atoms with Crippen LogP contribution in [0.4, 0.5) is 0 Å². The molecule has 0 saturated carbocycles. The van der Waals surface area contributed by atoms with Gasteiger partial charge in [-0.1, -0.05) is 18.2 Å². The van der Waals surface area contributed by atoms with E-state index in [-0.39, 0.29) is 4.90 Å². The first kappa shape index (κ1) is 17.7. The fourth-order valence-electron chi connectivity index (χ4n) is 2.08. The molecule has 0 aliphatic rings. The van der Waals surface area contributed by atoms with Crippen LogP contribution in [0.2, 0.25) is 0 Å². The van der Waals surface area contributed by atoms with Gasteiger partial charge in [0.15, 0.2) is 0 Å². The van der Waals surface area contributed by atoms with Gasteiger partial charge in [-0.3, -0.25) is 4.18 Å². The molecular weight excluding hydrogens is 340 g/mol. The van der Waals surface area contributed by atoms with Gasteiger partial charge in [-0.15, -0.1) is 0 Å². The first-order valence-electron chi connectivity index (χ1n) is 6.87. The van der Waals surface area contributed by atoms with E-state index >= 15 is 0 Å². The molecule has 0 aliphatic heterocycles. The topological polar surface area (TPSA) is 108 Å². The van der Waals surface area contributed by atoms with E-state index < -0.39 is 26.4 Å². The Morgan fingerprint density at radius 2 is 1.78 bits per heavy atom. The fourth-order valence-corrected chi connectivity index (χ4v) is 3.87. The monoisotopic (exact) mass is 358 g/mol. The molecule has 2 rings (SSSR count). The van der Waals surface area contributed by atoms with Crippen molar-refractivity contribution in [2.24, 2.45) is 5.14 Å². The lowest BCUT2D eigenvalue weighted by atomic mass is 10.1. The van der Waals surface area contributed by atoms with E-state index in [1.54, 1.807) is 31.2 Å². The summed E-state index contributed by atoms with van der Waals surface area (Å²) in [6.07, 6.45) is 3.24.